The van der Waals surface area contributed by atoms with Crippen molar-refractivity contribution in [2.75, 3.05) is 7.11 Å². The highest BCUT2D eigenvalue weighted by atomic mass is 32.2. The van der Waals surface area contributed by atoms with Crippen molar-refractivity contribution in [3.8, 4) is 0 Å². The number of imidazole rings is 1. The Morgan fingerprint density at radius 1 is 1.16 bits per heavy atom. The van der Waals surface area contributed by atoms with Crippen LogP contribution >= 0.6 is 11.8 Å². The molecule has 0 saturated heterocycles. The molecule has 0 atom stereocenters. The van der Waals surface area contributed by atoms with Gasteiger partial charge in [-0.1, -0.05) is 17.8 Å². The first-order valence-electron chi connectivity index (χ1n) is 9.83. The van der Waals surface area contributed by atoms with Gasteiger partial charge in [0.15, 0.2) is 5.16 Å². The van der Waals surface area contributed by atoms with Crippen LogP contribution in [0.3, 0.4) is 0 Å². The summed E-state index contributed by atoms with van der Waals surface area (Å²) in [6.07, 6.45) is 5.46. The Morgan fingerprint density at radius 3 is 2.84 bits per heavy atom. The first-order chi connectivity index (χ1) is 15.6. The summed E-state index contributed by atoms with van der Waals surface area (Å²) in [5.74, 6) is 0.690. The number of hydrogen-bond acceptors (Lipinski definition) is 7. The summed E-state index contributed by atoms with van der Waals surface area (Å²) in [5, 5.41) is 0.930. The second-order valence-corrected chi connectivity index (χ2v) is 8.02. The fraction of sp³-hybridized carbons (Fsp3) is 0.130. The molecule has 1 aromatic carbocycles. The number of carbonyl (C=O) groups is 1. The maximum atomic E-state index is 13.3. The first kappa shape index (κ1) is 20.1. The molecule has 32 heavy (non-hydrogen) atoms. The normalized spacial score (nSPS) is 11.3. The number of pyridine rings is 1. The summed E-state index contributed by atoms with van der Waals surface area (Å²) in [6.45, 7) is 0.251. The highest BCUT2D eigenvalue weighted by Gasteiger charge is 2.16. The van der Waals surface area contributed by atoms with Crippen LogP contribution in [0.15, 0.2) is 81.6 Å². The van der Waals surface area contributed by atoms with Gasteiger partial charge in [-0.3, -0.25) is 9.36 Å². The van der Waals surface area contributed by atoms with Crippen LogP contribution in [0.5, 0.6) is 0 Å². The number of esters is 1. The van der Waals surface area contributed by atoms with E-state index in [2.05, 4.69) is 4.98 Å². The highest BCUT2D eigenvalue weighted by Crippen LogP contribution is 2.24. The molecule has 160 valence electrons. The van der Waals surface area contributed by atoms with Gasteiger partial charge < -0.3 is 13.6 Å². The molecule has 4 heterocycles. The number of furan rings is 1. The molecule has 8 nitrogen and oxygen atoms in total. The average Bonchev–Trinajstić information content (AvgIpc) is 3.48. The minimum Gasteiger partial charge on any atom is -0.467 e. The maximum Gasteiger partial charge on any atom is 0.337 e. The molecular weight excluding hydrogens is 428 g/mol. The number of methoxy groups -OCH3 is 1. The van der Waals surface area contributed by atoms with Crippen molar-refractivity contribution >= 4 is 34.3 Å². The summed E-state index contributed by atoms with van der Waals surface area (Å²) >= 11 is 1.40. The van der Waals surface area contributed by atoms with Gasteiger partial charge in [0.2, 0.25) is 0 Å². The number of nitrogens with zero attached hydrogens (tertiary/aromatic N) is 4. The number of fused-ring (bicyclic) bond motifs is 2. The quantitative estimate of drug-likeness (QED) is 0.223. The van der Waals surface area contributed by atoms with Gasteiger partial charge >= 0.3 is 5.97 Å². The second kappa shape index (κ2) is 8.35. The van der Waals surface area contributed by atoms with Crippen molar-refractivity contribution in [2.45, 2.75) is 17.5 Å². The van der Waals surface area contributed by atoms with Crippen LogP contribution in [0.1, 0.15) is 21.8 Å². The Labute approximate surface area is 186 Å². The van der Waals surface area contributed by atoms with Crippen molar-refractivity contribution in [1.29, 1.82) is 0 Å². The van der Waals surface area contributed by atoms with Crippen molar-refractivity contribution in [2.24, 2.45) is 0 Å². The monoisotopic (exact) mass is 446 g/mol. The Bertz CT molecular complexity index is 1450. The van der Waals surface area contributed by atoms with Crippen LogP contribution in [0.2, 0.25) is 0 Å². The zero-order valence-corrected chi connectivity index (χ0v) is 17.9. The van der Waals surface area contributed by atoms with Crippen LogP contribution in [0.4, 0.5) is 0 Å². The Kier molecular flexibility index (Phi) is 5.24. The van der Waals surface area contributed by atoms with Crippen LogP contribution in [-0.2, 0) is 17.0 Å². The number of hydrogen-bond donors (Lipinski definition) is 0. The third-order valence-electron chi connectivity index (χ3n) is 5.00. The van der Waals surface area contributed by atoms with Gasteiger partial charge in [-0.25, -0.2) is 14.8 Å². The van der Waals surface area contributed by atoms with Crippen LogP contribution in [0, 0.1) is 0 Å². The molecule has 0 radical (unpaired) electrons. The van der Waals surface area contributed by atoms with Crippen molar-refractivity contribution in [3.63, 3.8) is 0 Å². The molecule has 4 aromatic heterocycles. The van der Waals surface area contributed by atoms with E-state index in [4.69, 9.17) is 14.1 Å². The number of carbonyl (C=O) groups excluding carboxylic acids is 1. The third-order valence-corrected chi connectivity index (χ3v) is 6.01. The molecule has 0 fully saturated rings. The number of rotatable bonds is 6. The average molecular weight is 446 g/mol. The first-order valence-corrected chi connectivity index (χ1v) is 10.8. The van der Waals surface area contributed by atoms with Gasteiger partial charge in [0, 0.05) is 18.1 Å². The van der Waals surface area contributed by atoms with Gasteiger partial charge in [-0.05, 0) is 42.5 Å². The molecule has 0 aliphatic carbocycles. The van der Waals surface area contributed by atoms with E-state index in [9.17, 15) is 9.59 Å². The summed E-state index contributed by atoms with van der Waals surface area (Å²) in [5.41, 5.74) is 2.28. The predicted molar refractivity (Wildman–Crippen MR) is 120 cm³/mol. The zero-order chi connectivity index (χ0) is 22.1. The summed E-state index contributed by atoms with van der Waals surface area (Å²) < 4.78 is 13.8. The molecule has 0 bridgehead atoms. The molecule has 0 aliphatic heterocycles. The van der Waals surface area contributed by atoms with Gasteiger partial charge in [0.1, 0.15) is 11.4 Å². The molecular formula is C23H18N4O4S. The Balaban J connectivity index is 1.56. The maximum absolute atomic E-state index is 13.3. The SMILES string of the molecule is COC(=O)c1ccc2c(=O)n(Cc3ccco3)c(SCc3cn4ccccc4n3)nc2c1. The fourth-order valence-electron chi connectivity index (χ4n) is 3.45. The Morgan fingerprint density at radius 2 is 2.06 bits per heavy atom. The van der Waals surface area contributed by atoms with E-state index in [1.165, 1.54) is 18.9 Å². The summed E-state index contributed by atoms with van der Waals surface area (Å²) in [7, 11) is 1.32. The van der Waals surface area contributed by atoms with Gasteiger partial charge in [-0.15, -0.1) is 0 Å². The van der Waals surface area contributed by atoms with Gasteiger partial charge in [0.25, 0.3) is 5.56 Å². The minimum absolute atomic E-state index is 0.208. The van der Waals surface area contributed by atoms with E-state index in [1.807, 2.05) is 41.1 Å². The molecule has 0 N–H and O–H groups in total. The molecule has 5 rings (SSSR count). The topological polar surface area (TPSA) is 91.6 Å². The number of thioether (sulfide) groups is 1. The number of ether oxygens (including phenoxy) is 1. The Hall–Kier alpha value is -3.85. The van der Waals surface area contributed by atoms with E-state index < -0.39 is 5.97 Å². The van der Waals surface area contributed by atoms with Crippen LogP contribution in [-0.4, -0.2) is 32.0 Å². The fourth-order valence-corrected chi connectivity index (χ4v) is 4.33. The lowest BCUT2D eigenvalue weighted by Crippen LogP contribution is -2.24. The van der Waals surface area contributed by atoms with Gasteiger partial charge in [0.05, 0.1) is 42.1 Å². The van der Waals surface area contributed by atoms with Crippen molar-refractivity contribution in [3.05, 3.63) is 94.6 Å². The van der Waals surface area contributed by atoms with E-state index in [1.54, 1.807) is 35.1 Å². The number of aromatic nitrogens is 4. The van der Waals surface area contributed by atoms with Crippen molar-refractivity contribution < 1.29 is 13.9 Å². The standard InChI is InChI=1S/C23H18N4O4S/c1-30-22(29)15-7-8-18-19(11-15)25-23(27(21(18)28)13-17-5-4-10-31-17)32-14-16-12-26-9-3-2-6-20(26)24-16/h2-12H,13-14H2,1H3. The van der Waals surface area contributed by atoms with Gasteiger partial charge in [-0.2, -0.15) is 0 Å². The van der Waals surface area contributed by atoms with Crippen LogP contribution < -0.4 is 5.56 Å². The van der Waals surface area contributed by atoms with E-state index in [0.717, 1.165) is 11.3 Å². The van der Waals surface area contributed by atoms with E-state index in [-0.39, 0.29) is 12.1 Å². The molecule has 5 aromatic rings. The molecule has 0 amide bonds. The number of benzene rings is 1. The minimum atomic E-state index is -0.479. The predicted octanol–water partition coefficient (Wildman–Crippen LogP) is 3.76. The third kappa shape index (κ3) is 3.78. The summed E-state index contributed by atoms with van der Waals surface area (Å²) in [4.78, 5) is 34.6. The lowest BCUT2D eigenvalue weighted by atomic mass is 10.1. The molecule has 0 spiro atoms. The molecule has 0 unspecified atom stereocenters. The smallest absolute Gasteiger partial charge is 0.337 e. The van der Waals surface area contributed by atoms with Crippen LogP contribution in [0.25, 0.3) is 16.6 Å². The van der Waals surface area contributed by atoms with Crippen molar-refractivity contribution in [1.82, 2.24) is 18.9 Å². The highest BCUT2D eigenvalue weighted by molar-refractivity contribution is 7.98. The lowest BCUT2D eigenvalue weighted by Gasteiger charge is -2.12. The lowest BCUT2D eigenvalue weighted by molar-refractivity contribution is 0.0601. The van der Waals surface area contributed by atoms with E-state index in [0.29, 0.717) is 33.1 Å². The molecule has 9 heteroatoms. The van der Waals surface area contributed by atoms with E-state index >= 15 is 0 Å². The second-order valence-electron chi connectivity index (χ2n) is 7.08. The summed E-state index contributed by atoms with van der Waals surface area (Å²) in [6, 6.07) is 14.2. The zero-order valence-electron chi connectivity index (χ0n) is 17.1. The molecule has 0 saturated carbocycles. The largest absolute Gasteiger partial charge is 0.467 e. The molecule has 0 aliphatic rings.